The Labute approximate surface area is 188 Å². The molecule has 4 aromatic rings. The molecule has 1 aliphatic rings. The summed E-state index contributed by atoms with van der Waals surface area (Å²) in [6, 6.07) is 1.84. The van der Waals surface area contributed by atoms with Gasteiger partial charge < -0.3 is 20.4 Å². The molecule has 5 heterocycles. The Morgan fingerprint density at radius 2 is 2.15 bits per heavy atom. The summed E-state index contributed by atoms with van der Waals surface area (Å²) in [5, 5.41) is 5.47. The predicted octanol–water partition coefficient (Wildman–Crippen LogP) is 2.67. The topological polar surface area (TPSA) is 111 Å². The van der Waals surface area contributed by atoms with Crippen molar-refractivity contribution in [3.63, 3.8) is 0 Å². The van der Waals surface area contributed by atoms with E-state index in [4.69, 9.17) is 10.5 Å². The SMILES string of the molecule is COCc1c(F)cnc(N2CC[C@H]([C@H](CN)n3cc(-c4ncnc5[nH]ccc45)cn3)C2)c1F. The molecule has 0 aliphatic carbocycles. The molecule has 1 fully saturated rings. The van der Waals surface area contributed by atoms with Crippen LogP contribution in [0.25, 0.3) is 22.3 Å². The van der Waals surface area contributed by atoms with Crippen molar-refractivity contribution in [2.45, 2.75) is 19.1 Å². The number of nitrogens with one attached hydrogen (secondary N) is 1. The summed E-state index contributed by atoms with van der Waals surface area (Å²) >= 11 is 0. The van der Waals surface area contributed by atoms with Crippen molar-refractivity contribution in [2.75, 3.05) is 31.6 Å². The van der Waals surface area contributed by atoms with Crippen LogP contribution in [0.3, 0.4) is 0 Å². The number of ether oxygens (including phenoxy) is 1. The van der Waals surface area contributed by atoms with E-state index in [9.17, 15) is 8.78 Å². The first-order valence-corrected chi connectivity index (χ1v) is 10.7. The lowest BCUT2D eigenvalue weighted by Gasteiger charge is -2.24. The van der Waals surface area contributed by atoms with Gasteiger partial charge in [-0.3, -0.25) is 4.68 Å². The van der Waals surface area contributed by atoms with Crippen LogP contribution in [0.1, 0.15) is 18.0 Å². The zero-order chi connectivity index (χ0) is 22.9. The van der Waals surface area contributed by atoms with Crippen molar-refractivity contribution in [1.29, 1.82) is 0 Å². The van der Waals surface area contributed by atoms with Crippen LogP contribution >= 0.6 is 0 Å². The zero-order valence-corrected chi connectivity index (χ0v) is 18.1. The number of nitrogens with two attached hydrogens (primary N) is 1. The van der Waals surface area contributed by atoms with Crippen LogP contribution in [-0.4, -0.2) is 56.5 Å². The molecule has 4 aromatic heterocycles. The second-order valence-corrected chi connectivity index (χ2v) is 8.12. The Kier molecular flexibility index (Phi) is 5.73. The number of aromatic amines is 1. The van der Waals surface area contributed by atoms with Crippen molar-refractivity contribution in [3.05, 3.63) is 54.4 Å². The molecule has 0 radical (unpaired) electrons. The minimum atomic E-state index is -0.709. The number of anilines is 1. The summed E-state index contributed by atoms with van der Waals surface area (Å²) in [7, 11) is 1.40. The fraction of sp³-hybridized carbons (Fsp3) is 0.364. The highest BCUT2D eigenvalue weighted by molar-refractivity contribution is 5.89. The molecule has 1 aliphatic heterocycles. The average Bonchev–Trinajstić information content (AvgIpc) is 3.58. The quantitative estimate of drug-likeness (QED) is 0.442. The van der Waals surface area contributed by atoms with Gasteiger partial charge in [-0.25, -0.2) is 23.7 Å². The van der Waals surface area contributed by atoms with Gasteiger partial charge in [0, 0.05) is 56.0 Å². The summed E-state index contributed by atoms with van der Waals surface area (Å²) < 4.78 is 35.7. The number of fused-ring (bicyclic) bond motifs is 1. The highest BCUT2D eigenvalue weighted by atomic mass is 19.1. The summed E-state index contributed by atoms with van der Waals surface area (Å²) in [6.07, 6.45) is 8.87. The Balaban J connectivity index is 1.37. The van der Waals surface area contributed by atoms with E-state index >= 15 is 0 Å². The second kappa shape index (κ2) is 8.83. The average molecular weight is 454 g/mol. The number of H-pyrrole nitrogens is 1. The van der Waals surface area contributed by atoms with E-state index in [1.54, 1.807) is 6.20 Å². The van der Waals surface area contributed by atoms with Crippen LogP contribution in [0.2, 0.25) is 0 Å². The Morgan fingerprint density at radius 1 is 1.27 bits per heavy atom. The molecular weight excluding hydrogens is 430 g/mol. The van der Waals surface area contributed by atoms with Crippen LogP contribution in [-0.2, 0) is 11.3 Å². The number of rotatable bonds is 7. The molecule has 3 N–H and O–H groups in total. The van der Waals surface area contributed by atoms with Crippen LogP contribution in [0.4, 0.5) is 14.6 Å². The van der Waals surface area contributed by atoms with E-state index in [0.717, 1.165) is 34.9 Å². The smallest absolute Gasteiger partial charge is 0.174 e. The van der Waals surface area contributed by atoms with Gasteiger partial charge in [0.2, 0.25) is 0 Å². The number of aromatic nitrogens is 6. The lowest BCUT2D eigenvalue weighted by atomic mass is 9.99. The number of halogens is 2. The van der Waals surface area contributed by atoms with Crippen molar-refractivity contribution < 1.29 is 13.5 Å². The van der Waals surface area contributed by atoms with E-state index in [0.29, 0.717) is 19.6 Å². The van der Waals surface area contributed by atoms with Gasteiger partial charge in [0.05, 0.1) is 36.3 Å². The van der Waals surface area contributed by atoms with E-state index in [1.807, 2.05) is 28.0 Å². The molecule has 0 spiro atoms. The summed E-state index contributed by atoms with van der Waals surface area (Å²) in [5.74, 6) is -1.13. The van der Waals surface area contributed by atoms with E-state index in [-0.39, 0.29) is 29.9 Å². The Morgan fingerprint density at radius 3 is 2.97 bits per heavy atom. The third-order valence-electron chi connectivity index (χ3n) is 6.22. The molecular formula is C22H24F2N8O. The van der Waals surface area contributed by atoms with Gasteiger partial charge in [-0.2, -0.15) is 5.10 Å². The van der Waals surface area contributed by atoms with Gasteiger partial charge in [-0.1, -0.05) is 0 Å². The largest absolute Gasteiger partial charge is 0.380 e. The molecule has 0 unspecified atom stereocenters. The van der Waals surface area contributed by atoms with Gasteiger partial charge in [-0.05, 0) is 12.5 Å². The van der Waals surface area contributed by atoms with Crippen molar-refractivity contribution >= 4 is 16.9 Å². The maximum absolute atomic E-state index is 14.9. The number of hydrogen-bond acceptors (Lipinski definition) is 7. The molecule has 5 rings (SSSR count). The van der Waals surface area contributed by atoms with Crippen LogP contribution in [0.5, 0.6) is 0 Å². The monoisotopic (exact) mass is 454 g/mol. The third kappa shape index (κ3) is 3.83. The molecule has 0 bridgehead atoms. The number of hydrogen-bond donors (Lipinski definition) is 2. The molecule has 33 heavy (non-hydrogen) atoms. The first-order chi connectivity index (χ1) is 16.1. The van der Waals surface area contributed by atoms with Gasteiger partial charge in [-0.15, -0.1) is 0 Å². The van der Waals surface area contributed by atoms with Gasteiger partial charge in [0.1, 0.15) is 17.8 Å². The lowest BCUT2D eigenvalue weighted by molar-refractivity contribution is 0.177. The fourth-order valence-corrected chi connectivity index (χ4v) is 4.54. The molecule has 0 aromatic carbocycles. The minimum Gasteiger partial charge on any atom is -0.380 e. The highest BCUT2D eigenvalue weighted by Gasteiger charge is 2.33. The summed E-state index contributed by atoms with van der Waals surface area (Å²) in [4.78, 5) is 17.6. The van der Waals surface area contributed by atoms with Crippen LogP contribution in [0, 0.1) is 17.6 Å². The molecule has 0 amide bonds. The lowest BCUT2D eigenvalue weighted by Crippen LogP contribution is -2.30. The van der Waals surface area contributed by atoms with E-state index in [2.05, 4.69) is 25.0 Å². The van der Waals surface area contributed by atoms with Crippen molar-refractivity contribution in [2.24, 2.45) is 11.7 Å². The zero-order valence-electron chi connectivity index (χ0n) is 18.1. The highest BCUT2D eigenvalue weighted by Crippen LogP contribution is 2.33. The second-order valence-electron chi connectivity index (χ2n) is 8.12. The normalized spacial score (nSPS) is 17.2. The van der Waals surface area contributed by atoms with Crippen LogP contribution < -0.4 is 10.6 Å². The number of nitrogens with zero attached hydrogens (tertiary/aromatic N) is 6. The Bertz CT molecular complexity index is 1270. The van der Waals surface area contributed by atoms with E-state index < -0.39 is 11.6 Å². The van der Waals surface area contributed by atoms with Gasteiger partial charge >= 0.3 is 0 Å². The number of methoxy groups -OCH3 is 1. The maximum atomic E-state index is 14.9. The molecule has 9 nitrogen and oxygen atoms in total. The van der Waals surface area contributed by atoms with Gasteiger partial charge in [0.15, 0.2) is 11.6 Å². The molecule has 2 atom stereocenters. The summed E-state index contributed by atoms with van der Waals surface area (Å²) in [5.41, 5.74) is 8.44. The minimum absolute atomic E-state index is 0.0887. The summed E-state index contributed by atoms with van der Waals surface area (Å²) in [6.45, 7) is 1.35. The molecule has 11 heteroatoms. The first-order valence-electron chi connectivity index (χ1n) is 10.7. The van der Waals surface area contributed by atoms with Crippen molar-refractivity contribution in [3.8, 4) is 11.3 Å². The van der Waals surface area contributed by atoms with E-state index in [1.165, 1.54) is 13.4 Å². The predicted molar refractivity (Wildman–Crippen MR) is 118 cm³/mol. The maximum Gasteiger partial charge on any atom is 0.174 e. The Hall–Kier alpha value is -3.44. The molecule has 1 saturated heterocycles. The first kappa shape index (κ1) is 21.4. The van der Waals surface area contributed by atoms with Crippen LogP contribution in [0.15, 0.2) is 37.2 Å². The standard InChI is InChI=1S/C22H24F2N8O/c1-33-11-16-17(23)8-27-22(19(16)24)31-5-3-13(9-31)18(6-25)32-10-14(7-30-32)20-15-2-4-26-21(15)29-12-28-20/h2,4,7-8,10,12-13,18H,3,5-6,9,11,25H2,1H3,(H,26,28,29)/t13-,18-/m0/s1. The molecule has 0 saturated carbocycles. The van der Waals surface area contributed by atoms with Crippen molar-refractivity contribution in [1.82, 2.24) is 29.7 Å². The third-order valence-corrected chi connectivity index (χ3v) is 6.22. The van der Waals surface area contributed by atoms with Gasteiger partial charge in [0.25, 0.3) is 0 Å². The molecule has 172 valence electrons. The number of pyridine rings is 1. The fourth-order valence-electron chi connectivity index (χ4n) is 4.54.